The molecule has 3 unspecified atom stereocenters. The molecule has 0 radical (unpaired) electrons. The highest BCUT2D eigenvalue weighted by Gasteiger charge is 2.54. The van der Waals surface area contributed by atoms with Crippen LogP contribution in [0.1, 0.15) is 30.4 Å². The maximum absolute atomic E-state index is 12.2. The number of piperidine rings is 1. The summed E-state index contributed by atoms with van der Waals surface area (Å²) in [6, 6.07) is 6.17. The largest absolute Gasteiger partial charge is 0.496 e. The average Bonchev–Trinajstić information content (AvgIpc) is 2.82. The van der Waals surface area contributed by atoms with Crippen molar-refractivity contribution in [1.29, 1.82) is 0 Å². The van der Waals surface area contributed by atoms with Crippen molar-refractivity contribution in [3.63, 3.8) is 0 Å². The van der Waals surface area contributed by atoms with Crippen molar-refractivity contribution in [3.05, 3.63) is 29.3 Å². The van der Waals surface area contributed by atoms with E-state index >= 15 is 0 Å². The average molecular weight is 318 g/mol. The standard InChI is InChI=1S/C18H26N2O3/c1-12-4-5-16(22-2)14(8-12)11-20-7-6-13-9-15(17(21)23-3)18(20,19)10-13/h4-5,8,13,15H,6-7,9-11,19H2,1-3H3. The lowest BCUT2D eigenvalue weighted by atomic mass is 9.91. The summed E-state index contributed by atoms with van der Waals surface area (Å²) < 4.78 is 10.5. The lowest BCUT2D eigenvalue weighted by Crippen LogP contribution is -2.61. The van der Waals surface area contributed by atoms with Crippen molar-refractivity contribution < 1.29 is 14.3 Å². The van der Waals surface area contributed by atoms with Crippen LogP contribution in [0.15, 0.2) is 18.2 Å². The van der Waals surface area contributed by atoms with Gasteiger partial charge < -0.3 is 15.2 Å². The SMILES string of the molecule is COC(=O)C1CC2CCN(Cc3cc(C)ccc3OC)C1(N)C2. The van der Waals surface area contributed by atoms with Crippen molar-refractivity contribution >= 4 is 5.97 Å². The summed E-state index contributed by atoms with van der Waals surface area (Å²) in [6.07, 6.45) is 2.78. The number of rotatable bonds is 4. The summed E-state index contributed by atoms with van der Waals surface area (Å²) in [4.78, 5) is 14.4. The number of carbonyl (C=O) groups is 1. The van der Waals surface area contributed by atoms with E-state index in [-0.39, 0.29) is 11.9 Å². The van der Waals surface area contributed by atoms with Crippen LogP contribution in [0.5, 0.6) is 5.75 Å². The van der Waals surface area contributed by atoms with Crippen molar-refractivity contribution in [2.24, 2.45) is 17.6 Å². The summed E-state index contributed by atoms with van der Waals surface area (Å²) in [5, 5.41) is 0. The van der Waals surface area contributed by atoms with E-state index in [2.05, 4.69) is 17.9 Å². The van der Waals surface area contributed by atoms with E-state index < -0.39 is 5.66 Å². The molecule has 126 valence electrons. The van der Waals surface area contributed by atoms with Crippen molar-refractivity contribution in [1.82, 2.24) is 4.90 Å². The van der Waals surface area contributed by atoms with Gasteiger partial charge in [0.2, 0.25) is 0 Å². The van der Waals surface area contributed by atoms with Crippen LogP contribution in [0.25, 0.3) is 0 Å². The van der Waals surface area contributed by atoms with E-state index in [1.165, 1.54) is 12.7 Å². The Labute approximate surface area is 137 Å². The van der Waals surface area contributed by atoms with E-state index in [1.54, 1.807) is 7.11 Å². The molecule has 5 nitrogen and oxygen atoms in total. The van der Waals surface area contributed by atoms with Crippen molar-refractivity contribution in [2.75, 3.05) is 20.8 Å². The summed E-state index contributed by atoms with van der Waals surface area (Å²) in [6.45, 7) is 3.67. The number of aryl methyl sites for hydroxylation is 1. The molecule has 2 N–H and O–H groups in total. The maximum Gasteiger partial charge on any atom is 0.311 e. The van der Waals surface area contributed by atoms with Gasteiger partial charge in [-0.3, -0.25) is 9.69 Å². The lowest BCUT2D eigenvalue weighted by molar-refractivity contribution is -0.150. The van der Waals surface area contributed by atoms with Gasteiger partial charge in [0.15, 0.2) is 0 Å². The molecule has 0 amide bonds. The molecule has 1 heterocycles. The van der Waals surface area contributed by atoms with Crippen LogP contribution in [-0.2, 0) is 16.1 Å². The normalized spacial score (nSPS) is 30.3. The predicted octanol–water partition coefficient (Wildman–Crippen LogP) is 2.06. The van der Waals surface area contributed by atoms with Gasteiger partial charge in [0.25, 0.3) is 0 Å². The van der Waals surface area contributed by atoms with Crippen molar-refractivity contribution in [2.45, 2.75) is 38.4 Å². The Balaban J connectivity index is 1.88. The van der Waals surface area contributed by atoms with Gasteiger partial charge in [-0.05, 0) is 38.2 Å². The van der Waals surface area contributed by atoms with Crippen LogP contribution in [0.2, 0.25) is 0 Å². The second kappa shape index (κ2) is 6.13. The Morgan fingerprint density at radius 2 is 2.22 bits per heavy atom. The Morgan fingerprint density at radius 1 is 1.43 bits per heavy atom. The Kier molecular flexibility index (Phi) is 4.34. The van der Waals surface area contributed by atoms with Crippen LogP contribution in [0.3, 0.4) is 0 Å². The fraction of sp³-hybridized carbons (Fsp3) is 0.611. The number of methoxy groups -OCH3 is 2. The molecule has 2 bridgehead atoms. The highest BCUT2D eigenvalue weighted by molar-refractivity contribution is 5.74. The molecule has 23 heavy (non-hydrogen) atoms. The number of nitrogens with zero attached hydrogens (tertiary/aromatic N) is 1. The Morgan fingerprint density at radius 3 is 2.91 bits per heavy atom. The zero-order valence-corrected chi connectivity index (χ0v) is 14.2. The van der Waals surface area contributed by atoms with E-state index in [0.29, 0.717) is 12.5 Å². The van der Waals surface area contributed by atoms with Gasteiger partial charge >= 0.3 is 5.97 Å². The van der Waals surface area contributed by atoms with Gasteiger partial charge in [-0.1, -0.05) is 17.7 Å². The molecule has 5 heteroatoms. The predicted molar refractivity (Wildman–Crippen MR) is 87.9 cm³/mol. The molecule has 3 rings (SSSR count). The fourth-order valence-corrected chi connectivity index (χ4v) is 4.25. The first-order chi connectivity index (χ1) is 11.0. The number of likely N-dealkylation sites (tertiary alicyclic amines) is 1. The van der Waals surface area contributed by atoms with E-state index in [4.69, 9.17) is 15.2 Å². The number of nitrogens with two attached hydrogens (primary N) is 1. The number of carbonyl (C=O) groups excluding carboxylic acids is 1. The third-order valence-corrected chi connectivity index (χ3v) is 5.47. The molecule has 2 aliphatic rings. The third kappa shape index (κ3) is 2.83. The van der Waals surface area contributed by atoms with E-state index in [0.717, 1.165) is 37.1 Å². The zero-order chi connectivity index (χ0) is 16.6. The highest BCUT2D eigenvalue weighted by Crippen LogP contribution is 2.47. The first kappa shape index (κ1) is 16.3. The number of esters is 1. The number of ether oxygens (including phenoxy) is 2. The number of hydrogen-bond donors (Lipinski definition) is 1. The summed E-state index contributed by atoms with van der Waals surface area (Å²) in [5.74, 6) is 0.975. The minimum atomic E-state index is -0.606. The van der Waals surface area contributed by atoms with E-state index in [1.807, 2.05) is 12.1 Å². The summed E-state index contributed by atoms with van der Waals surface area (Å²) in [7, 11) is 3.13. The van der Waals surface area contributed by atoms with Gasteiger partial charge in [0, 0.05) is 18.7 Å². The van der Waals surface area contributed by atoms with Gasteiger partial charge in [-0.15, -0.1) is 0 Å². The number of hydrogen-bond acceptors (Lipinski definition) is 5. The highest BCUT2D eigenvalue weighted by atomic mass is 16.5. The summed E-state index contributed by atoms with van der Waals surface area (Å²) in [5.41, 5.74) is 8.43. The monoisotopic (exact) mass is 318 g/mol. The minimum absolute atomic E-state index is 0.182. The molecule has 3 atom stereocenters. The molecule has 2 fully saturated rings. The van der Waals surface area contributed by atoms with Crippen LogP contribution >= 0.6 is 0 Å². The Bertz CT molecular complexity index is 604. The molecule has 0 spiro atoms. The molecule has 1 saturated carbocycles. The topological polar surface area (TPSA) is 64.8 Å². The molecular formula is C18H26N2O3. The van der Waals surface area contributed by atoms with Gasteiger partial charge in [0.1, 0.15) is 5.75 Å². The fourth-order valence-electron chi connectivity index (χ4n) is 4.25. The zero-order valence-electron chi connectivity index (χ0n) is 14.2. The first-order valence-electron chi connectivity index (χ1n) is 8.23. The van der Waals surface area contributed by atoms with Gasteiger partial charge in [-0.25, -0.2) is 0 Å². The van der Waals surface area contributed by atoms with Gasteiger partial charge in [-0.2, -0.15) is 0 Å². The lowest BCUT2D eigenvalue weighted by Gasteiger charge is -2.44. The molecule has 1 aliphatic carbocycles. The van der Waals surface area contributed by atoms with Gasteiger partial charge in [0.05, 0.1) is 25.8 Å². The van der Waals surface area contributed by atoms with E-state index in [9.17, 15) is 4.79 Å². The van der Waals surface area contributed by atoms with Crippen molar-refractivity contribution in [3.8, 4) is 5.75 Å². The molecule has 1 saturated heterocycles. The minimum Gasteiger partial charge on any atom is -0.496 e. The molecule has 1 aliphatic heterocycles. The molecule has 1 aromatic carbocycles. The second-order valence-corrected chi connectivity index (χ2v) is 6.90. The number of benzene rings is 1. The molecule has 1 aromatic rings. The van der Waals surface area contributed by atoms with Crippen LogP contribution in [0, 0.1) is 18.8 Å². The first-order valence-corrected chi connectivity index (χ1v) is 8.23. The third-order valence-electron chi connectivity index (χ3n) is 5.47. The summed E-state index contributed by atoms with van der Waals surface area (Å²) >= 11 is 0. The van der Waals surface area contributed by atoms with Crippen LogP contribution < -0.4 is 10.5 Å². The second-order valence-electron chi connectivity index (χ2n) is 6.90. The molecular weight excluding hydrogens is 292 g/mol. The molecule has 0 aromatic heterocycles. The van der Waals surface area contributed by atoms with Crippen LogP contribution in [0.4, 0.5) is 0 Å². The Hall–Kier alpha value is -1.59. The number of fused-ring (bicyclic) bond motifs is 2. The maximum atomic E-state index is 12.2. The smallest absolute Gasteiger partial charge is 0.311 e. The quantitative estimate of drug-likeness (QED) is 0.861. The van der Waals surface area contributed by atoms with Crippen LogP contribution in [-0.4, -0.2) is 37.3 Å².